The van der Waals surface area contributed by atoms with Crippen LogP contribution in [-0.4, -0.2) is 18.1 Å². The molecule has 0 aliphatic carbocycles. The van der Waals surface area contributed by atoms with Gasteiger partial charge in [0.1, 0.15) is 5.82 Å². The molecule has 0 radical (unpaired) electrons. The van der Waals surface area contributed by atoms with Crippen molar-refractivity contribution in [2.24, 2.45) is 5.92 Å². The van der Waals surface area contributed by atoms with Gasteiger partial charge in [0.05, 0.1) is 5.69 Å². The van der Waals surface area contributed by atoms with Crippen molar-refractivity contribution < 1.29 is 0 Å². The van der Waals surface area contributed by atoms with Crippen molar-refractivity contribution in [2.75, 3.05) is 18.4 Å². The number of fused-ring (bicyclic) bond motifs is 1. The largest absolute Gasteiger partial charge is 0.369 e. The van der Waals surface area contributed by atoms with Gasteiger partial charge >= 0.3 is 0 Å². The van der Waals surface area contributed by atoms with Crippen molar-refractivity contribution >= 4 is 16.6 Å². The maximum atomic E-state index is 4.74. The minimum absolute atomic E-state index is 0.609. The monoisotopic (exact) mass is 257 g/mol. The molecule has 2 rings (SSSR count). The predicted octanol–water partition coefficient (Wildman–Crippen LogP) is 3.41. The number of hydrogen-bond acceptors (Lipinski definition) is 3. The lowest BCUT2D eigenvalue weighted by Gasteiger charge is -2.13. The minimum Gasteiger partial charge on any atom is -0.369 e. The van der Waals surface area contributed by atoms with Crippen LogP contribution in [0.2, 0.25) is 0 Å². The highest BCUT2D eigenvalue weighted by Crippen LogP contribution is 2.22. The van der Waals surface area contributed by atoms with Gasteiger partial charge in [-0.2, -0.15) is 0 Å². The van der Waals surface area contributed by atoms with Gasteiger partial charge in [-0.3, -0.25) is 0 Å². The highest BCUT2D eigenvalue weighted by atomic mass is 15.0. The molecule has 0 spiro atoms. The lowest BCUT2D eigenvalue weighted by atomic mass is 10.1. The highest BCUT2D eigenvalue weighted by Gasteiger charge is 2.06. The van der Waals surface area contributed by atoms with E-state index in [1.165, 1.54) is 10.8 Å². The standard InChI is InChI=1S/C16H23N3/c1-4-17-11-14-9-13-7-5-6-8-15(13)16(19-14)18-10-12(2)3/h5-9,12,17H,4,10-11H2,1-3H3,(H,18,19). The van der Waals surface area contributed by atoms with E-state index in [2.05, 4.69) is 61.7 Å². The molecule has 0 amide bonds. The van der Waals surface area contributed by atoms with Gasteiger partial charge in [0.15, 0.2) is 0 Å². The number of hydrogen-bond donors (Lipinski definition) is 2. The molecule has 2 N–H and O–H groups in total. The second-order valence-corrected chi connectivity index (χ2v) is 5.24. The van der Waals surface area contributed by atoms with Gasteiger partial charge < -0.3 is 10.6 Å². The van der Waals surface area contributed by atoms with Crippen LogP contribution in [0, 0.1) is 5.92 Å². The van der Waals surface area contributed by atoms with Crippen LogP contribution in [0.25, 0.3) is 10.8 Å². The van der Waals surface area contributed by atoms with E-state index in [1.54, 1.807) is 0 Å². The Hall–Kier alpha value is -1.61. The average Bonchev–Trinajstić information content (AvgIpc) is 2.42. The average molecular weight is 257 g/mol. The van der Waals surface area contributed by atoms with E-state index < -0.39 is 0 Å². The number of nitrogens with one attached hydrogen (secondary N) is 2. The van der Waals surface area contributed by atoms with Crippen LogP contribution >= 0.6 is 0 Å². The van der Waals surface area contributed by atoms with E-state index in [4.69, 9.17) is 4.98 Å². The first-order valence-electron chi connectivity index (χ1n) is 7.04. The maximum absolute atomic E-state index is 4.74. The molecule has 0 saturated heterocycles. The molecule has 0 bridgehead atoms. The van der Waals surface area contributed by atoms with Gasteiger partial charge in [0.25, 0.3) is 0 Å². The summed E-state index contributed by atoms with van der Waals surface area (Å²) in [6.45, 7) is 9.25. The van der Waals surface area contributed by atoms with Crippen LogP contribution in [0.1, 0.15) is 26.5 Å². The fourth-order valence-corrected chi connectivity index (χ4v) is 2.03. The third kappa shape index (κ3) is 3.67. The van der Waals surface area contributed by atoms with Crippen LogP contribution in [0.5, 0.6) is 0 Å². The van der Waals surface area contributed by atoms with E-state index in [1.807, 2.05) is 0 Å². The zero-order valence-electron chi connectivity index (χ0n) is 12.0. The Bertz CT molecular complexity index is 535. The van der Waals surface area contributed by atoms with E-state index >= 15 is 0 Å². The van der Waals surface area contributed by atoms with Crippen LogP contribution in [-0.2, 0) is 6.54 Å². The van der Waals surface area contributed by atoms with E-state index in [-0.39, 0.29) is 0 Å². The molecule has 0 saturated carbocycles. The minimum atomic E-state index is 0.609. The highest BCUT2D eigenvalue weighted by molar-refractivity contribution is 5.92. The molecule has 19 heavy (non-hydrogen) atoms. The molecular formula is C16H23N3. The fourth-order valence-electron chi connectivity index (χ4n) is 2.03. The Balaban J connectivity index is 2.33. The Morgan fingerprint density at radius 3 is 2.74 bits per heavy atom. The number of anilines is 1. The zero-order valence-corrected chi connectivity index (χ0v) is 12.0. The van der Waals surface area contributed by atoms with Gasteiger partial charge in [-0.05, 0) is 23.9 Å². The lowest BCUT2D eigenvalue weighted by Crippen LogP contribution is -2.15. The Labute approximate surface area is 115 Å². The summed E-state index contributed by atoms with van der Waals surface area (Å²) in [6, 6.07) is 10.6. The molecule has 0 aliphatic rings. The maximum Gasteiger partial charge on any atom is 0.134 e. The molecule has 0 unspecified atom stereocenters. The van der Waals surface area contributed by atoms with Crippen molar-refractivity contribution in [2.45, 2.75) is 27.3 Å². The molecule has 3 heteroatoms. The third-order valence-corrected chi connectivity index (χ3v) is 3.03. The number of pyridine rings is 1. The van der Waals surface area contributed by atoms with Crippen LogP contribution in [0.3, 0.4) is 0 Å². The fraction of sp³-hybridized carbons (Fsp3) is 0.438. The summed E-state index contributed by atoms with van der Waals surface area (Å²) in [5.74, 6) is 1.61. The predicted molar refractivity (Wildman–Crippen MR) is 82.5 cm³/mol. The van der Waals surface area contributed by atoms with Crippen LogP contribution < -0.4 is 10.6 Å². The Morgan fingerprint density at radius 1 is 1.21 bits per heavy atom. The zero-order chi connectivity index (χ0) is 13.7. The van der Waals surface area contributed by atoms with Gasteiger partial charge in [-0.15, -0.1) is 0 Å². The normalized spacial score (nSPS) is 11.2. The first-order valence-corrected chi connectivity index (χ1v) is 7.04. The SMILES string of the molecule is CCNCc1cc2ccccc2c(NCC(C)C)n1. The number of aromatic nitrogens is 1. The topological polar surface area (TPSA) is 37.0 Å². The second-order valence-electron chi connectivity index (χ2n) is 5.24. The van der Waals surface area contributed by atoms with Crippen molar-refractivity contribution in [1.29, 1.82) is 0 Å². The smallest absolute Gasteiger partial charge is 0.134 e. The number of rotatable bonds is 6. The molecule has 0 fully saturated rings. The molecule has 2 aromatic rings. The first-order chi connectivity index (χ1) is 9.20. The summed E-state index contributed by atoms with van der Waals surface area (Å²) >= 11 is 0. The van der Waals surface area contributed by atoms with Gasteiger partial charge in [0.2, 0.25) is 0 Å². The quantitative estimate of drug-likeness (QED) is 0.832. The number of benzene rings is 1. The molecule has 1 heterocycles. The van der Waals surface area contributed by atoms with Gasteiger partial charge in [-0.25, -0.2) is 4.98 Å². The molecule has 3 nitrogen and oxygen atoms in total. The molecular weight excluding hydrogens is 234 g/mol. The van der Waals surface area contributed by atoms with Crippen molar-refractivity contribution in [3.8, 4) is 0 Å². The Morgan fingerprint density at radius 2 is 2.00 bits per heavy atom. The van der Waals surface area contributed by atoms with Crippen molar-refractivity contribution in [1.82, 2.24) is 10.3 Å². The van der Waals surface area contributed by atoms with E-state index in [9.17, 15) is 0 Å². The van der Waals surface area contributed by atoms with Crippen molar-refractivity contribution in [3.63, 3.8) is 0 Å². The Kier molecular flexibility index (Phi) is 4.74. The van der Waals surface area contributed by atoms with E-state index in [0.717, 1.165) is 31.1 Å². The van der Waals surface area contributed by atoms with Gasteiger partial charge in [-0.1, -0.05) is 45.0 Å². The van der Waals surface area contributed by atoms with Crippen LogP contribution in [0.15, 0.2) is 30.3 Å². The second kappa shape index (κ2) is 6.53. The van der Waals surface area contributed by atoms with E-state index in [0.29, 0.717) is 5.92 Å². The summed E-state index contributed by atoms with van der Waals surface area (Å²) in [7, 11) is 0. The third-order valence-electron chi connectivity index (χ3n) is 3.03. The first kappa shape index (κ1) is 13.8. The van der Waals surface area contributed by atoms with Gasteiger partial charge in [0, 0.05) is 18.5 Å². The summed E-state index contributed by atoms with van der Waals surface area (Å²) in [4.78, 5) is 4.74. The lowest BCUT2D eigenvalue weighted by molar-refractivity contribution is 0.684. The molecule has 1 aromatic carbocycles. The van der Waals surface area contributed by atoms with Crippen LogP contribution in [0.4, 0.5) is 5.82 Å². The molecule has 0 atom stereocenters. The molecule has 1 aromatic heterocycles. The number of nitrogens with zero attached hydrogens (tertiary/aromatic N) is 1. The molecule has 0 aliphatic heterocycles. The molecule has 102 valence electrons. The summed E-state index contributed by atoms with van der Waals surface area (Å²) in [5, 5.41) is 9.24. The van der Waals surface area contributed by atoms with Crippen molar-refractivity contribution in [3.05, 3.63) is 36.0 Å². The summed E-state index contributed by atoms with van der Waals surface area (Å²) in [5.41, 5.74) is 1.09. The summed E-state index contributed by atoms with van der Waals surface area (Å²) in [6.07, 6.45) is 0. The summed E-state index contributed by atoms with van der Waals surface area (Å²) < 4.78 is 0.